The summed E-state index contributed by atoms with van der Waals surface area (Å²) in [6, 6.07) is 13.0. The number of carbonyl (C=O) groups excluding carboxylic acids is 1. The molecule has 3 aromatic rings. The fourth-order valence-corrected chi connectivity index (χ4v) is 5.81. The van der Waals surface area contributed by atoms with Gasteiger partial charge in [-0.3, -0.25) is 9.59 Å². The average molecular weight is 493 g/mol. The molecule has 0 N–H and O–H groups in total. The van der Waals surface area contributed by atoms with Crippen molar-refractivity contribution in [2.45, 2.75) is 18.4 Å². The van der Waals surface area contributed by atoms with Crippen molar-refractivity contribution in [1.82, 2.24) is 19.0 Å². The fraction of sp³-hybridized carbons (Fsp3) is 0.286. The molecule has 1 fully saturated rings. The third kappa shape index (κ3) is 4.78. The molecule has 0 atom stereocenters. The van der Waals surface area contributed by atoms with Gasteiger partial charge in [0.25, 0.3) is 5.56 Å². The number of aromatic nitrogens is 2. The highest BCUT2D eigenvalue weighted by Crippen LogP contribution is 2.25. The van der Waals surface area contributed by atoms with E-state index in [0.29, 0.717) is 10.7 Å². The number of hydrogen-bond acceptors (Lipinski definition) is 6. The van der Waals surface area contributed by atoms with Crippen molar-refractivity contribution in [3.63, 3.8) is 0 Å². The lowest BCUT2D eigenvalue weighted by Crippen LogP contribution is -2.51. The molecule has 4 rings (SSSR count). The van der Waals surface area contributed by atoms with E-state index in [1.165, 1.54) is 34.6 Å². The summed E-state index contributed by atoms with van der Waals surface area (Å²) in [6.07, 6.45) is 0. The van der Waals surface area contributed by atoms with Gasteiger partial charge in [-0.15, -0.1) is 11.3 Å². The van der Waals surface area contributed by atoms with Gasteiger partial charge in [-0.25, -0.2) is 13.1 Å². The monoisotopic (exact) mass is 492 g/mol. The number of sulfonamides is 1. The van der Waals surface area contributed by atoms with Gasteiger partial charge in [-0.05, 0) is 49.4 Å². The van der Waals surface area contributed by atoms with Gasteiger partial charge < -0.3 is 4.90 Å². The van der Waals surface area contributed by atoms with Crippen LogP contribution in [0, 0.1) is 6.92 Å². The quantitative estimate of drug-likeness (QED) is 0.545. The Morgan fingerprint density at radius 1 is 1.03 bits per heavy atom. The second kappa shape index (κ2) is 9.14. The van der Waals surface area contributed by atoms with Crippen LogP contribution in [0.25, 0.3) is 10.6 Å². The van der Waals surface area contributed by atoms with Crippen molar-refractivity contribution >= 4 is 38.9 Å². The maximum atomic E-state index is 12.8. The van der Waals surface area contributed by atoms with E-state index in [9.17, 15) is 18.0 Å². The van der Waals surface area contributed by atoms with E-state index >= 15 is 0 Å². The van der Waals surface area contributed by atoms with E-state index in [1.807, 2.05) is 19.1 Å². The van der Waals surface area contributed by atoms with Crippen LogP contribution in [0.5, 0.6) is 0 Å². The lowest BCUT2D eigenvalue weighted by molar-refractivity contribution is -0.133. The summed E-state index contributed by atoms with van der Waals surface area (Å²) in [5.41, 5.74) is 0.272. The summed E-state index contributed by atoms with van der Waals surface area (Å²) in [5, 5.41) is 4.80. The van der Waals surface area contributed by atoms with E-state index in [1.54, 1.807) is 22.3 Å². The Labute approximate surface area is 194 Å². The van der Waals surface area contributed by atoms with Gasteiger partial charge in [0.2, 0.25) is 15.9 Å². The van der Waals surface area contributed by atoms with Gasteiger partial charge >= 0.3 is 0 Å². The molecule has 8 nitrogen and oxygen atoms in total. The van der Waals surface area contributed by atoms with Crippen LogP contribution in [0.3, 0.4) is 0 Å². The molecular formula is C21H21ClN4O4S2. The predicted octanol–water partition coefficient (Wildman–Crippen LogP) is 2.47. The smallest absolute Gasteiger partial charge is 0.267 e. The van der Waals surface area contributed by atoms with Crippen LogP contribution in [0.15, 0.2) is 58.2 Å². The van der Waals surface area contributed by atoms with Gasteiger partial charge in [-0.1, -0.05) is 11.6 Å². The minimum absolute atomic E-state index is 0.165. The molecule has 1 aromatic carbocycles. The van der Waals surface area contributed by atoms with E-state index in [2.05, 4.69) is 5.10 Å². The van der Waals surface area contributed by atoms with E-state index < -0.39 is 10.0 Å². The van der Waals surface area contributed by atoms with Crippen LogP contribution in [0.2, 0.25) is 5.02 Å². The molecule has 0 spiro atoms. The van der Waals surface area contributed by atoms with Crippen LogP contribution < -0.4 is 5.56 Å². The molecule has 11 heteroatoms. The molecular weight excluding hydrogens is 472 g/mol. The molecule has 2 aromatic heterocycles. The maximum Gasteiger partial charge on any atom is 0.267 e. The number of thiophene rings is 1. The molecule has 0 unspecified atom stereocenters. The van der Waals surface area contributed by atoms with Crippen molar-refractivity contribution < 1.29 is 13.2 Å². The molecule has 1 aliphatic heterocycles. The molecule has 3 heterocycles. The highest BCUT2D eigenvalue weighted by molar-refractivity contribution is 7.89. The Morgan fingerprint density at radius 2 is 1.72 bits per heavy atom. The second-order valence-electron chi connectivity index (χ2n) is 7.36. The SMILES string of the molecule is Cc1ccc(-c2ccc(=O)n(CC(=O)N3CCN(S(=O)(=O)c4ccc(Cl)cc4)CC3)n2)s1. The largest absolute Gasteiger partial charge is 0.338 e. The minimum atomic E-state index is -3.66. The minimum Gasteiger partial charge on any atom is -0.338 e. The lowest BCUT2D eigenvalue weighted by Gasteiger charge is -2.34. The number of amides is 1. The van der Waals surface area contributed by atoms with Crippen molar-refractivity contribution in [2.75, 3.05) is 26.2 Å². The summed E-state index contributed by atoms with van der Waals surface area (Å²) in [5.74, 6) is -0.275. The average Bonchev–Trinajstić information content (AvgIpc) is 3.22. The zero-order chi connectivity index (χ0) is 22.9. The topological polar surface area (TPSA) is 92.6 Å². The van der Waals surface area contributed by atoms with Gasteiger partial charge in [0, 0.05) is 42.1 Å². The summed E-state index contributed by atoms with van der Waals surface area (Å²) >= 11 is 7.40. The molecule has 168 valence electrons. The molecule has 0 bridgehead atoms. The highest BCUT2D eigenvalue weighted by atomic mass is 35.5. The number of hydrogen-bond donors (Lipinski definition) is 0. The second-order valence-corrected chi connectivity index (χ2v) is 11.0. The molecule has 1 amide bonds. The van der Waals surface area contributed by atoms with Crippen LogP contribution in [-0.4, -0.2) is 59.5 Å². The summed E-state index contributed by atoms with van der Waals surface area (Å²) in [7, 11) is -3.66. The van der Waals surface area contributed by atoms with Crippen LogP contribution >= 0.6 is 22.9 Å². The Kier molecular flexibility index (Phi) is 6.47. The van der Waals surface area contributed by atoms with Crippen molar-refractivity contribution in [3.05, 3.63) is 68.8 Å². The van der Waals surface area contributed by atoms with Crippen LogP contribution in [0.4, 0.5) is 0 Å². The third-order valence-electron chi connectivity index (χ3n) is 5.19. The van der Waals surface area contributed by atoms with Gasteiger partial charge in [0.15, 0.2) is 0 Å². The zero-order valence-electron chi connectivity index (χ0n) is 17.3. The first-order valence-corrected chi connectivity index (χ1v) is 12.6. The molecule has 0 aliphatic carbocycles. The van der Waals surface area contributed by atoms with E-state index in [-0.39, 0.29) is 49.1 Å². The number of rotatable bonds is 5. The van der Waals surface area contributed by atoms with Crippen LogP contribution in [-0.2, 0) is 21.4 Å². The zero-order valence-corrected chi connectivity index (χ0v) is 19.7. The standard InChI is InChI=1S/C21H21ClN4O4S2/c1-15-2-8-19(31-15)18-7-9-20(27)26(23-18)14-21(28)24-10-12-25(13-11-24)32(29,30)17-5-3-16(22)4-6-17/h2-9H,10-14H2,1H3. The first-order valence-electron chi connectivity index (χ1n) is 9.92. The third-order valence-corrected chi connectivity index (χ3v) is 8.38. The van der Waals surface area contributed by atoms with Gasteiger partial charge in [-0.2, -0.15) is 9.40 Å². The first kappa shape index (κ1) is 22.7. The molecule has 0 radical (unpaired) electrons. The normalized spacial score (nSPS) is 15.1. The number of nitrogens with zero attached hydrogens (tertiary/aromatic N) is 4. The number of aryl methyl sites for hydroxylation is 1. The van der Waals surface area contributed by atoms with Gasteiger partial charge in [0.1, 0.15) is 12.2 Å². The lowest BCUT2D eigenvalue weighted by atomic mass is 10.3. The molecule has 1 aliphatic rings. The Hall–Kier alpha value is -2.53. The van der Waals surface area contributed by atoms with Crippen molar-refractivity contribution in [3.8, 4) is 10.6 Å². The Balaban J connectivity index is 1.42. The Bertz CT molecular complexity index is 1290. The van der Waals surface area contributed by atoms with Crippen molar-refractivity contribution in [1.29, 1.82) is 0 Å². The van der Waals surface area contributed by atoms with E-state index in [4.69, 9.17) is 11.6 Å². The maximum absolute atomic E-state index is 12.8. The number of halogens is 1. The predicted molar refractivity (Wildman–Crippen MR) is 123 cm³/mol. The van der Waals surface area contributed by atoms with Gasteiger partial charge in [0.05, 0.1) is 9.77 Å². The highest BCUT2D eigenvalue weighted by Gasteiger charge is 2.30. The molecule has 32 heavy (non-hydrogen) atoms. The number of piperazine rings is 1. The Morgan fingerprint density at radius 3 is 2.34 bits per heavy atom. The molecule has 0 saturated carbocycles. The number of carbonyl (C=O) groups is 1. The summed E-state index contributed by atoms with van der Waals surface area (Å²) < 4.78 is 28.1. The first-order chi connectivity index (χ1) is 15.2. The van der Waals surface area contributed by atoms with E-state index in [0.717, 1.165) is 14.4 Å². The fourth-order valence-electron chi connectivity index (χ4n) is 3.43. The number of benzene rings is 1. The summed E-state index contributed by atoms with van der Waals surface area (Å²) in [6.45, 7) is 2.62. The molecule has 1 saturated heterocycles. The van der Waals surface area contributed by atoms with Crippen LogP contribution in [0.1, 0.15) is 4.88 Å². The summed E-state index contributed by atoms with van der Waals surface area (Å²) in [4.78, 5) is 28.8. The van der Waals surface area contributed by atoms with Crippen molar-refractivity contribution in [2.24, 2.45) is 0 Å².